The lowest BCUT2D eigenvalue weighted by molar-refractivity contribution is 0.271. The molecule has 0 saturated carbocycles. The van der Waals surface area contributed by atoms with E-state index in [0.717, 1.165) is 0 Å². The Balaban J connectivity index is 0. The van der Waals surface area contributed by atoms with E-state index < -0.39 is 8.60 Å². The molecule has 0 saturated heterocycles. The summed E-state index contributed by atoms with van der Waals surface area (Å²) in [5, 5.41) is 0. The molecule has 0 unspecified atom stereocenters. The highest BCUT2D eigenvalue weighted by Gasteiger charge is 1.94. The third-order valence-corrected chi connectivity index (χ3v) is 0.937. The predicted octanol–water partition coefficient (Wildman–Crippen LogP) is 0.118. The average Bonchev–Trinajstić information content (AvgIpc) is 1.65. The van der Waals surface area contributed by atoms with Crippen LogP contribution in [0.3, 0.4) is 0 Å². The highest BCUT2D eigenvalue weighted by atomic mass is 31.2. The van der Waals surface area contributed by atoms with E-state index in [1.807, 2.05) is 0 Å². The van der Waals surface area contributed by atoms with E-state index in [0.29, 0.717) is 0 Å². The highest BCUT2D eigenvalue weighted by molar-refractivity contribution is 7.40. The Morgan fingerprint density at radius 3 is 1.57 bits per heavy atom. The van der Waals surface area contributed by atoms with Gasteiger partial charge in [-0.3, -0.25) is 0 Å². The van der Waals surface area contributed by atoms with Crippen LogP contribution < -0.4 is 0 Å². The van der Waals surface area contributed by atoms with Gasteiger partial charge in [-0.05, 0) is 0 Å². The summed E-state index contributed by atoms with van der Waals surface area (Å²) in [6.45, 7) is 0. The maximum absolute atomic E-state index is 8.29. The van der Waals surface area contributed by atoms with Crippen LogP contribution in [0, 0.1) is 0 Å². The Morgan fingerprint density at radius 2 is 1.57 bits per heavy atom. The molecule has 0 aliphatic carbocycles. The van der Waals surface area contributed by atoms with Gasteiger partial charge in [0.2, 0.25) is 0 Å². The van der Waals surface area contributed by atoms with Crippen molar-refractivity contribution in [3.63, 3.8) is 0 Å². The molecule has 41 valence electrons. The van der Waals surface area contributed by atoms with Crippen molar-refractivity contribution in [1.82, 2.24) is 0 Å². The van der Waals surface area contributed by atoms with Gasteiger partial charge in [-0.1, -0.05) is 0 Å². The molecule has 3 radical (unpaired) electrons. The minimum absolute atomic E-state index is 0. The first-order chi connectivity index (χ1) is 2.81. The van der Waals surface area contributed by atoms with E-state index in [1.165, 1.54) is 14.2 Å². The molecular weight excluding hydrogens is 114 g/mol. The molecule has 0 fully saturated rings. The van der Waals surface area contributed by atoms with Crippen molar-refractivity contribution in [2.75, 3.05) is 14.2 Å². The second-order valence-corrected chi connectivity index (χ2v) is 1.81. The molecule has 0 atom stereocenters. The van der Waals surface area contributed by atoms with Crippen molar-refractivity contribution in [2.45, 2.75) is 0 Å². The van der Waals surface area contributed by atoms with Crippen molar-refractivity contribution in [3.8, 4) is 0 Å². The Morgan fingerprint density at radius 1 is 1.29 bits per heavy atom. The van der Waals surface area contributed by atoms with Crippen LogP contribution in [0.1, 0.15) is 0 Å². The number of hydrogen-bond acceptors (Lipinski definition) is 3. The lowest BCUT2D eigenvalue weighted by Gasteiger charge is -1.98. The number of rotatable bonds is 2. The van der Waals surface area contributed by atoms with Crippen LogP contribution >= 0.6 is 8.60 Å². The van der Waals surface area contributed by atoms with Gasteiger partial charge in [0.05, 0.1) is 0 Å². The molecule has 0 bridgehead atoms. The molecule has 5 heteroatoms. The van der Waals surface area contributed by atoms with E-state index >= 15 is 0 Å². The van der Waals surface area contributed by atoms with Crippen molar-refractivity contribution in [1.29, 1.82) is 0 Å². The number of hydrogen-bond donors (Lipinski definition) is 1. The molecule has 1 N–H and O–H groups in total. The van der Waals surface area contributed by atoms with Gasteiger partial charge in [0.15, 0.2) is 0 Å². The van der Waals surface area contributed by atoms with E-state index in [-0.39, 0.29) is 8.41 Å². The summed E-state index contributed by atoms with van der Waals surface area (Å²) >= 11 is 0. The van der Waals surface area contributed by atoms with Crippen LogP contribution in [0.5, 0.6) is 0 Å². The molecule has 0 rings (SSSR count). The topological polar surface area (TPSA) is 38.7 Å². The van der Waals surface area contributed by atoms with Crippen molar-refractivity contribution < 1.29 is 13.9 Å². The predicted molar refractivity (Wildman–Crippen MR) is 28.9 cm³/mol. The molecular formula is C2H7BO3P. The quantitative estimate of drug-likeness (QED) is 0.416. The normalized spacial score (nSPS) is 8.57. The average molecular weight is 121 g/mol. The largest absolute Gasteiger partial charge is 0.329 e. The van der Waals surface area contributed by atoms with E-state index in [1.54, 1.807) is 0 Å². The second kappa shape index (κ2) is 6.37. The van der Waals surface area contributed by atoms with E-state index in [4.69, 9.17) is 4.89 Å². The van der Waals surface area contributed by atoms with Crippen LogP contribution in [0.15, 0.2) is 0 Å². The maximum Gasteiger partial charge on any atom is 0.329 e. The summed E-state index contributed by atoms with van der Waals surface area (Å²) in [4.78, 5) is 8.29. The van der Waals surface area contributed by atoms with Gasteiger partial charge in [-0.2, -0.15) is 0 Å². The summed E-state index contributed by atoms with van der Waals surface area (Å²) in [5.74, 6) is 0. The fraction of sp³-hybridized carbons (Fsp3) is 1.00. The molecule has 0 spiro atoms. The summed E-state index contributed by atoms with van der Waals surface area (Å²) in [7, 11) is 1.19. The molecule has 0 heterocycles. The fourth-order valence-electron chi connectivity index (χ4n) is 0.0745. The lowest BCUT2D eigenvalue weighted by atomic mass is 10.8. The van der Waals surface area contributed by atoms with Crippen molar-refractivity contribution in [3.05, 3.63) is 0 Å². The van der Waals surface area contributed by atoms with Gasteiger partial charge in [-0.25, -0.2) is 0 Å². The zero-order valence-corrected chi connectivity index (χ0v) is 5.18. The maximum atomic E-state index is 8.29. The Kier molecular flexibility index (Phi) is 9.45. The summed E-state index contributed by atoms with van der Waals surface area (Å²) in [6, 6.07) is 0. The second-order valence-electron chi connectivity index (χ2n) is 0.603. The van der Waals surface area contributed by atoms with Gasteiger partial charge in [0.1, 0.15) is 0 Å². The summed E-state index contributed by atoms with van der Waals surface area (Å²) in [5.41, 5.74) is 0. The summed E-state index contributed by atoms with van der Waals surface area (Å²) < 4.78 is 8.59. The Bertz CT molecular complexity index is 32.1. The molecule has 0 aromatic heterocycles. The first-order valence-corrected chi connectivity index (χ1v) is 2.51. The summed E-state index contributed by atoms with van der Waals surface area (Å²) in [6.07, 6.45) is 0. The van der Waals surface area contributed by atoms with Crippen LogP contribution in [0.2, 0.25) is 0 Å². The van der Waals surface area contributed by atoms with Crippen LogP contribution in [-0.4, -0.2) is 27.5 Å². The van der Waals surface area contributed by atoms with Crippen LogP contribution in [0.25, 0.3) is 0 Å². The van der Waals surface area contributed by atoms with Crippen LogP contribution in [-0.2, 0) is 9.05 Å². The van der Waals surface area contributed by atoms with Crippen molar-refractivity contribution >= 4 is 17.0 Å². The minimum Gasteiger partial charge on any atom is -0.328 e. The van der Waals surface area contributed by atoms with Crippen LogP contribution in [0.4, 0.5) is 0 Å². The zero-order chi connectivity index (χ0) is 4.99. The molecule has 0 amide bonds. The van der Waals surface area contributed by atoms with Gasteiger partial charge in [-0.15, -0.1) is 0 Å². The molecule has 0 aliphatic rings. The smallest absolute Gasteiger partial charge is 0.328 e. The highest BCUT2D eigenvalue weighted by Crippen LogP contribution is 2.28. The molecule has 7 heavy (non-hydrogen) atoms. The third kappa shape index (κ3) is 6.37. The third-order valence-electron chi connectivity index (χ3n) is 0.312. The SMILES string of the molecule is COP(O)OC.[B]. The minimum atomic E-state index is -1.58. The molecule has 3 nitrogen and oxygen atoms in total. The fourth-order valence-corrected chi connectivity index (χ4v) is 0.224. The van der Waals surface area contributed by atoms with Gasteiger partial charge < -0.3 is 13.9 Å². The molecule has 0 aromatic rings. The monoisotopic (exact) mass is 121 g/mol. The van der Waals surface area contributed by atoms with Gasteiger partial charge in [0.25, 0.3) is 0 Å². The Hall–Kier alpha value is 0.375. The molecule has 0 aromatic carbocycles. The zero-order valence-electron chi connectivity index (χ0n) is 4.29. The Labute approximate surface area is 46.2 Å². The van der Waals surface area contributed by atoms with E-state index in [2.05, 4.69) is 9.05 Å². The van der Waals surface area contributed by atoms with Gasteiger partial charge >= 0.3 is 8.60 Å². The first kappa shape index (κ1) is 10.4. The lowest BCUT2D eigenvalue weighted by Crippen LogP contribution is -1.75. The van der Waals surface area contributed by atoms with E-state index in [9.17, 15) is 0 Å². The van der Waals surface area contributed by atoms with Gasteiger partial charge in [0, 0.05) is 22.6 Å². The first-order valence-electron chi connectivity index (χ1n) is 1.38. The van der Waals surface area contributed by atoms with Crippen molar-refractivity contribution in [2.24, 2.45) is 0 Å². The molecule has 0 aliphatic heterocycles. The standard InChI is InChI=1S/C2H7O3P.B/c1-4-6(3)5-2;/h3H,1-2H3;.